The number of halogens is 1. The van der Waals surface area contributed by atoms with E-state index in [-0.39, 0.29) is 0 Å². The van der Waals surface area contributed by atoms with Gasteiger partial charge in [-0.25, -0.2) is 9.97 Å². The molecule has 0 unspecified atom stereocenters. The minimum atomic E-state index is 0.343. The second-order valence-electron chi connectivity index (χ2n) is 8.18. The third-order valence-corrected chi connectivity index (χ3v) is 6.01. The third-order valence-electron chi connectivity index (χ3n) is 5.71. The molecule has 0 amide bonds. The number of aromatic nitrogens is 4. The highest BCUT2D eigenvalue weighted by Gasteiger charge is 2.17. The Bertz CT molecular complexity index is 1600. The fraction of sp³-hybridized carbons (Fsp3) is 0.111. The molecule has 0 fully saturated rings. The van der Waals surface area contributed by atoms with Crippen LogP contribution in [0.3, 0.4) is 0 Å². The van der Waals surface area contributed by atoms with Crippen molar-refractivity contribution >= 4 is 34.3 Å². The maximum Gasteiger partial charge on any atom is 0.249 e. The Labute approximate surface area is 207 Å². The molecule has 0 saturated heterocycles. The van der Waals surface area contributed by atoms with Gasteiger partial charge in [0.1, 0.15) is 22.5 Å². The number of nitrogens with zero attached hydrogens (tertiary/aromatic N) is 5. The van der Waals surface area contributed by atoms with Crippen molar-refractivity contribution in [1.29, 1.82) is 5.26 Å². The zero-order chi connectivity index (χ0) is 24.5. The summed E-state index contributed by atoms with van der Waals surface area (Å²) in [5, 5.41) is 13.0. The Hall–Kier alpha value is -4.41. The molecule has 3 heterocycles. The van der Waals surface area contributed by atoms with Gasteiger partial charge in [0.05, 0.1) is 16.8 Å². The topological polar surface area (TPSA) is 88.7 Å². The predicted octanol–water partition coefficient (Wildman–Crippen LogP) is 6.71. The molecule has 0 aliphatic carbocycles. The number of benzene rings is 2. The lowest BCUT2D eigenvalue weighted by atomic mass is 10.0. The second-order valence-corrected chi connectivity index (χ2v) is 8.54. The summed E-state index contributed by atoms with van der Waals surface area (Å²) in [7, 11) is 1.92. The smallest absolute Gasteiger partial charge is 0.249 e. The number of hydrogen-bond acceptors (Lipinski definition) is 6. The zero-order valence-corrected chi connectivity index (χ0v) is 20.1. The van der Waals surface area contributed by atoms with Crippen molar-refractivity contribution in [1.82, 2.24) is 19.5 Å². The van der Waals surface area contributed by atoms with E-state index in [1.165, 1.54) is 0 Å². The minimum absolute atomic E-state index is 0.343. The predicted molar refractivity (Wildman–Crippen MR) is 137 cm³/mol. The van der Waals surface area contributed by atoms with E-state index < -0.39 is 0 Å². The average molecular weight is 481 g/mol. The van der Waals surface area contributed by atoms with Crippen molar-refractivity contribution in [2.45, 2.75) is 13.8 Å². The van der Waals surface area contributed by atoms with Crippen molar-refractivity contribution in [3.8, 4) is 28.8 Å². The van der Waals surface area contributed by atoms with Crippen molar-refractivity contribution in [2.75, 3.05) is 5.32 Å². The van der Waals surface area contributed by atoms with E-state index in [0.717, 1.165) is 33.3 Å². The number of rotatable bonds is 5. The molecule has 172 valence electrons. The van der Waals surface area contributed by atoms with E-state index >= 15 is 0 Å². The maximum absolute atomic E-state index is 9.43. The van der Waals surface area contributed by atoms with Gasteiger partial charge in [0.25, 0.3) is 0 Å². The number of nitrogens with one attached hydrogen (secondary N) is 1. The zero-order valence-electron chi connectivity index (χ0n) is 19.4. The van der Waals surface area contributed by atoms with Gasteiger partial charge in [-0.05, 0) is 73.0 Å². The lowest BCUT2D eigenvalue weighted by molar-refractivity contribution is 0.459. The van der Waals surface area contributed by atoms with Gasteiger partial charge in [0.2, 0.25) is 11.8 Å². The Balaban J connectivity index is 1.57. The van der Waals surface area contributed by atoms with Gasteiger partial charge in [-0.3, -0.25) is 0 Å². The highest BCUT2D eigenvalue weighted by Crippen LogP contribution is 2.37. The average Bonchev–Trinajstić information content (AvgIpc) is 3.22. The number of nitriles is 1. The van der Waals surface area contributed by atoms with Crippen molar-refractivity contribution < 1.29 is 4.74 Å². The van der Waals surface area contributed by atoms with Crippen LogP contribution in [0.15, 0.2) is 67.0 Å². The van der Waals surface area contributed by atoms with Crippen LogP contribution in [0.4, 0.5) is 11.6 Å². The molecule has 3 aromatic heterocycles. The molecule has 0 spiro atoms. The van der Waals surface area contributed by atoms with Crippen LogP contribution in [0.25, 0.3) is 22.2 Å². The fourth-order valence-electron chi connectivity index (χ4n) is 4.06. The second kappa shape index (κ2) is 9.09. The number of aryl methyl sites for hydroxylation is 3. The van der Waals surface area contributed by atoms with Crippen LogP contribution in [-0.4, -0.2) is 19.5 Å². The fourth-order valence-corrected chi connectivity index (χ4v) is 4.29. The molecule has 7 nitrogen and oxygen atoms in total. The molecular weight excluding hydrogens is 460 g/mol. The molecule has 5 rings (SSSR count). The van der Waals surface area contributed by atoms with E-state index in [9.17, 15) is 5.26 Å². The quantitative estimate of drug-likeness (QED) is 0.281. The number of ether oxygens (including phenoxy) is 1. The monoisotopic (exact) mass is 480 g/mol. The first-order chi connectivity index (χ1) is 16.9. The molecule has 2 aromatic carbocycles. The van der Waals surface area contributed by atoms with Gasteiger partial charge < -0.3 is 14.6 Å². The highest BCUT2D eigenvalue weighted by molar-refractivity contribution is 6.32. The molecule has 0 saturated carbocycles. The highest BCUT2D eigenvalue weighted by atomic mass is 35.5. The van der Waals surface area contributed by atoms with E-state index in [2.05, 4.69) is 26.3 Å². The van der Waals surface area contributed by atoms with Gasteiger partial charge in [0.15, 0.2) is 0 Å². The van der Waals surface area contributed by atoms with Gasteiger partial charge in [-0.1, -0.05) is 23.7 Å². The minimum Gasteiger partial charge on any atom is -0.436 e. The summed E-state index contributed by atoms with van der Waals surface area (Å²) in [6.45, 7) is 3.98. The Kier molecular flexibility index (Phi) is 5.81. The van der Waals surface area contributed by atoms with E-state index in [1.807, 2.05) is 80.2 Å². The number of anilines is 2. The SMILES string of the molecule is Cc1cc(-c2cccnc2Cl)cc(C)c1Oc1nc(Nc2ccccc2C#N)nc2ccn(C)c12. The number of pyridine rings is 1. The number of fused-ring (bicyclic) bond motifs is 1. The van der Waals surface area contributed by atoms with Crippen molar-refractivity contribution in [3.05, 3.63) is 88.8 Å². The van der Waals surface area contributed by atoms with Gasteiger partial charge >= 0.3 is 0 Å². The van der Waals surface area contributed by atoms with Crippen molar-refractivity contribution in [2.24, 2.45) is 7.05 Å². The molecule has 1 N–H and O–H groups in total. The maximum atomic E-state index is 9.43. The molecule has 0 atom stereocenters. The summed E-state index contributed by atoms with van der Waals surface area (Å²) < 4.78 is 8.35. The summed E-state index contributed by atoms with van der Waals surface area (Å²) in [6.07, 6.45) is 3.58. The molecule has 5 aromatic rings. The first-order valence-corrected chi connectivity index (χ1v) is 11.3. The van der Waals surface area contributed by atoms with Crippen LogP contribution in [0.1, 0.15) is 16.7 Å². The summed E-state index contributed by atoms with van der Waals surface area (Å²) in [6, 6.07) is 19.2. The van der Waals surface area contributed by atoms with Gasteiger partial charge in [-0.2, -0.15) is 10.2 Å². The number of hydrogen-bond donors (Lipinski definition) is 1. The van der Waals surface area contributed by atoms with E-state index in [4.69, 9.17) is 16.3 Å². The number of para-hydroxylation sites is 1. The Morgan fingerprint density at radius 3 is 2.54 bits per heavy atom. The molecule has 0 radical (unpaired) electrons. The molecule has 0 aliphatic rings. The van der Waals surface area contributed by atoms with Crippen LogP contribution in [0.2, 0.25) is 5.15 Å². The molecule has 8 heteroatoms. The van der Waals surface area contributed by atoms with Crippen LogP contribution < -0.4 is 10.1 Å². The molecular formula is C27H21ClN6O. The largest absolute Gasteiger partial charge is 0.436 e. The lowest BCUT2D eigenvalue weighted by Crippen LogP contribution is -2.03. The standard InChI is InChI=1S/C27H21ClN6O/c1-16-13-19(20-8-6-11-30-25(20)28)14-17(2)24(16)35-26-23-22(10-12-34(23)3)32-27(33-26)31-21-9-5-4-7-18(21)15-29/h4-14H,1-3H3,(H,31,32,33). The van der Waals surface area contributed by atoms with Crippen LogP contribution in [-0.2, 0) is 7.05 Å². The summed E-state index contributed by atoms with van der Waals surface area (Å²) in [5.41, 5.74) is 6.32. The van der Waals surface area contributed by atoms with Crippen LogP contribution in [0, 0.1) is 25.2 Å². The summed E-state index contributed by atoms with van der Waals surface area (Å²) >= 11 is 6.32. The third kappa shape index (κ3) is 4.27. The molecule has 0 bridgehead atoms. The van der Waals surface area contributed by atoms with Gasteiger partial charge in [0, 0.05) is 25.0 Å². The van der Waals surface area contributed by atoms with Crippen LogP contribution in [0.5, 0.6) is 11.6 Å². The first kappa shape index (κ1) is 22.4. The van der Waals surface area contributed by atoms with E-state index in [1.54, 1.807) is 12.3 Å². The normalized spacial score (nSPS) is 10.8. The Morgan fingerprint density at radius 1 is 1.03 bits per heavy atom. The van der Waals surface area contributed by atoms with Gasteiger partial charge in [-0.15, -0.1) is 0 Å². The van der Waals surface area contributed by atoms with Crippen molar-refractivity contribution in [3.63, 3.8) is 0 Å². The lowest BCUT2D eigenvalue weighted by Gasteiger charge is -2.16. The Morgan fingerprint density at radius 2 is 1.80 bits per heavy atom. The summed E-state index contributed by atoms with van der Waals surface area (Å²) in [5.74, 6) is 1.46. The molecule has 35 heavy (non-hydrogen) atoms. The first-order valence-electron chi connectivity index (χ1n) is 10.9. The van der Waals surface area contributed by atoms with E-state index in [0.29, 0.717) is 34.0 Å². The molecule has 0 aliphatic heterocycles. The summed E-state index contributed by atoms with van der Waals surface area (Å²) in [4.78, 5) is 13.5. The van der Waals surface area contributed by atoms with Crippen LogP contribution >= 0.6 is 11.6 Å².